The van der Waals surface area contributed by atoms with Crippen molar-refractivity contribution in [2.75, 3.05) is 13.2 Å². The van der Waals surface area contributed by atoms with E-state index in [1.807, 2.05) is 0 Å². The third-order valence-corrected chi connectivity index (χ3v) is 11.8. The molecule has 2 rings (SSSR count). The molecule has 0 unspecified atom stereocenters. The Labute approximate surface area is 342 Å². The molecule has 0 bridgehead atoms. The Morgan fingerprint density at radius 3 is 1.11 bits per heavy atom. The van der Waals surface area contributed by atoms with Gasteiger partial charge in [0, 0.05) is 38.5 Å². The number of carbonyl (C=O) groups excluding carboxylic acids is 2. The van der Waals surface area contributed by atoms with Gasteiger partial charge in [-0.1, -0.05) is 129 Å². The summed E-state index contributed by atoms with van der Waals surface area (Å²) in [5.74, 6) is 4.17. The van der Waals surface area contributed by atoms with Gasteiger partial charge in [-0.2, -0.15) is 0 Å². The Morgan fingerprint density at radius 1 is 0.464 bits per heavy atom. The SMILES string of the molecule is CCCCCc1oc(CCCCCCCCCCCCC(=O)OC[C@H](CO)OC(=O)CCCCCCCCCCc2oc(CCCCC)c(C)c2C)c(C)c1C. The molecule has 0 saturated carbocycles. The van der Waals surface area contributed by atoms with Crippen LogP contribution in [-0.2, 0) is 44.7 Å². The topological polar surface area (TPSA) is 99.1 Å². The van der Waals surface area contributed by atoms with Crippen LogP contribution in [-0.4, -0.2) is 36.4 Å². The van der Waals surface area contributed by atoms with Crippen molar-refractivity contribution in [1.29, 1.82) is 0 Å². The maximum absolute atomic E-state index is 12.3. The lowest BCUT2D eigenvalue weighted by Crippen LogP contribution is -2.28. The number of ether oxygens (including phenoxy) is 2. The minimum atomic E-state index is -0.792. The van der Waals surface area contributed by atoms with Crippen molar-refractivity contribution < 1.29 is 33.0 Å². The lowest BCUT2D eigenvalue weighted by molar-refractivity contribution is -0.161. The summed E-state index contributed by atoms with van der Waals surface area (Å²) in [5.41, 5.74) is 5.43. The number of hydrogen-bond donors (Lipinski definition) is 1. The Bertz CT molecular complexity index is 1300. The van der Waals surface area contributed by atoms with Gasteiger partial charge < -0.3 is 23.4 Å². The van der Waals surface area contributed by atoms with E-state index in [-0.39, 0.29) is 25.2 Å². The maximum atomic E-state index is 12.3. The number of hydrogen-bond acceptors (Lipinski definition) is 7. The van der Waals surface area contributed by atoms with Crippen molar-refractivity contribution in [3.05, 3.63) is 45.3 Å². The van der Waals surface area contributed by atoms with E-state index in [1.165, 1.54) is 161 Å². The van der Waals surface area contributed by atoms with E-state index in [9.17, 15) is 14.7 Å². The second-order valence-electron chi connectivity index (χ2n) is 16.7. The van der Waals surface area contributed by atoms with Crippen molar-refractivity contribution in [2.24, 2.45) is 0 Å². The number of rotatable bonds is 36. The van der Waals surface area contributed by atoms with Crippen LogP contribution in [0.1, 0.15) is 226 Å². The van der Waals surface area contributed by atoms with Gasteiger partial charge >= 0.3 is 11.9 Å². The monoisotopic (exact) mass is 785 g/mol. The molecule has 1 atom stereocenters. The normalized spacial score (nSPS) is 12.1. The lowest BCUT2D eigenvalue weighted by Gasteiger charge is -2.15. The number of aliphatic hydroxyl groups excluding tert-OH is 1. The molecule has 0 aliphatic rings. The molecular formula is C49H84O7. The number of carbonyl (C=O) groups is 2. The predicted octanol–water partition coefficient (Wildman–Crippen LogP) is 13.6. The van der Waals surface area contributed by atoms with Crippen LogP contribution in [0.15, 0.2) is 8.83 Å². The van der Waals surface area contributed by atoms with E-state index in [1.54, 1.807) is 0 Å². The first-order valence-corrected chi connectivity index (χ1v) is 23.3. The Hall–Kier alpha value is -2.54. The first-order valence-electron chi connectivity index (χ1n) is 23.3. The van der Waals surface area contributed by atoms with E-state index >= 15 is 0 Å². The fraction of sp³-hybridized carbons (Fsp3) is 0.796. The number of unbranched alkanes of at least 4 members (excludes halogenated alkanes) is 20. The Kier molecular flexibility index (Phi) is 27.9. The van der Waals surface area contributed by atoms with Crippen LogP contribution in [0, 0.1) is 27.7 Å². The highest BCUT2D eigenvalue weighted by Gasteiger charge is 2.17. The first kappa shape index (κ1) is 49.6. The van der Waals surface area contributed by atoms with Gasteiger partial charge in [-0.25, -0.2) is 0 Å². The highest BCUT2D eigenvalue weighted by atomic mass is 16.6. The van der Waals surface area contributed by atoms with Crippen molar-refractivity contribution >= 4 is 11.9 Å². The summed E-state index contributed by atoms with van der Waals surface area (Å²) < 4.78 is 23.1. The molecule has 0 radical (unpaired) electrons. The van der Waals surface area contributed by atoms with Crippen LogP contribution in [0.5, 0.6) is 0 Å². The Morgan fingerprint density at radius 2 is 0.768 bits per heavy atom. The van der Waals surface area contributed by atoms with Crippen molar-refractivity contribution in [1.82, 2.24) is 0 Å². The van der Waals surface area contributed by atoms with Crippen molar-refractivity contribution in [3.8, 4) is 0 Å². The molecule has 0 fully saturated rings. The van der Waals surface area contributed by atoms with Crippen LogP contribution >= 0.6 is 0 Å². The van der Waals surface area contributed by atoms with Crippen LogP contribution in [0.25, 0.3) is 0 Å². The highest BCUT2D eigenvalue weighted by molar-refractivity contribution is 5.70. The zero-order valence-electron chi connectivity index (χ0n) is 37.1. The second-order valence-corrected chi connectivity index (χ2v) is 16.7. The predicted molar refractivity (Wildman–Crippen MR) is 230 cm³/mol. The van der Waals surface area contributed by atoms with Crippen LogP contribution < -0.4 is 0 Å². The van der Waals surface area contributed by atoms with E-state index < -0.39 is 6.10 Å². The minimum absolute atomic E-state index is 0.0822. The summed E-state index contributed by atoms with van der Waals surface area (Å²) in [6.45, 7) is 12.9. The van der Waals surface area contributed by atoms with E-state index in [2.05, 4.69) is 41.5 Å². The fourth-order valence-electron chi connectivity index (χ4n) is 7.68. The molecular weight excluding hydrogens is 701 g/mol. The molecule has 0 aliphatic carbocycles. The van der Waals surface area contributed by atoms with Gasteiger partial charge in [-0.15, -0.1) is 0 Å². The third kappa shape index (κ3) is 21.3. The molecule has 0 spiro atoms. The maximum Gasteiger partial charge on any atom is 0.306 e. The number of furan rings is 2. The number of aliphatic hydroxyl groups is 1. The number of esters is 2. The molecule has 2 aromatic rings. The summed E-state index contributed by atoms with van der Waals surface area (Å²) in [5, 5.41) is 9.65. The quantitative estimate of drug-likeness (QED) is 0.0542. The zero-order valence-corrected chi connectivity index (χ0v) is 37.1. The van der Waals surface area contributed by atoms with Gasteiger partial charge in [0.25, 0.3) is 0 Å². The zero-order chi connectivity index (χ0) is 40.8. The van der Waals surface area contributed by atoms with Crippen LogP contribution in [0.2, 0.25) is 0 Å². The summed E-state index contributed by atoms with van der Waals surface area (Å²) in [4.78, 5) is 24.5. The van der Waals surface area contributed by atoms with Gasteiger partial charge in [-0.3, -0.25) is 9.59 Å². The fourth-order valence-corrected chi connectivity index (χ4v) is 7.68. The molecule has 0 aromatic carbocycles. The molecule has 7 heteroatoms. The molecule has 322 valence electrons. The van der Waals surface area contributed by atoms with Crippen molar-refractivity contribution in [2.45, 2.75) is 240 Å². The standard InChI is InChI=1S/C49H84O7/c1-7-9-25-31-44-39(3)41(5)46(55-44)33-27-21-17-13-11-12-14-19-23-29-35-48(51)53-38-43(37-50)54-49(52)36-30-24-20-16-15-18-22-28-34-47-42(6)40(4)45(56-47)32-26-10-8-2/h43,50H,7-38H2,1-6H3/t43-/m0/s1. The first-order chi connectivity index (χ1) is 27.2. The number of aryl methyl sites for hydroxylation is 4. The summed E-state index contributed by atoms with van der Waals surface area (Å²) in [6.07, 6.45) is 32.2. The van der Waals surface area contributed by atoms with E-state index in [4.69, 9.17) is 18.3 Å². The van der Waals surface area contributed by atoms with Crippen LogP contribution in [0.4, 0.5) is 0 Å². The molecule has 56 heavy (non-hydrogen) atoms. The second kappa shape index (κ2) is 31.5. The average molecular weight is 785 g/mol. The molecule has 2 aromatic heterocycles. The molecule has 1 N–H and O–H groups in total. The smallest absolute Gasteiger partial charge is 0.306 e. The van der Waals surface area contributed by atoms with E-state index in [0.717, 1.165) is 64.2 Å². The molecule has 0 saturated heterocycles. The molecule has 0 aliphatic heterocycles. The summed E-state index contributed by atoms with van der Waals surface area (Å²) in [7, 11) is 0. The molecule has 2 heterocycles. The minimum Gasteiger partial charge on any atom is -0.466 e. The molecule has 0 amide bonds. The van der Waals surface area contributed by atoms with Gasteiger partial charge in [0.2, 0.25) is 0 Å². The largest absolute Gasteiger partial charge is 0.466 e. The summed E-state index contributed by atoms with van der Waals surface area (Å²) in [6, 6.07) is 0. The third-order valence-electron chi connectivity index (χ3n) is 11.8. The molecule has 7 nitrogen and oxygen atoms in total. The van der Waals surface area contributed by atoms with Crippen molar-refractivity contribution in [3.63, 3.8) is 0 Å². The van der Waals surface area contributed by atoms with Gasteiger partial charge in [-0.05, 0) is 88.5 Å². The Balaban J connectivity index is 1.38. The lowest BCUT2D eigenvalue weighted by atomic mass is 10.0. The van der Waals surface area contributed by atoms with E-state index in [0.29, 0.717) is 12.8 Å². The summed E-state index contributed by atoms with van der Waals surface area (Å²) >= 11 is 0. The average Bonchev–Trinajstić information content (AvgIpc) is 3.62. The van der Waals surface area contributed by atoms with Gasteiger partial charge in [0.05, 0.1) is 6.61 Å². The van der Waals surface area contributed by atoms with Gasteiger partial charge in [0.1, 0.15) is 29.6 Å². The van der Waals surface area contributed by atoms with Crippen LogP contribution in [0.3, 0.4) is 0 Å². The highest BCUT2D eigenvalue weighted by Crippen LogP contribution is 2.26. The van der Waals surface area contributed by atoms with Gasteiger partial charge in [0.15, 0.2) is 6.10 Å².